The fourth-order valence-corrected chi connectivity index (χ4v) is 2.73. The molecule has 0 aliphatic rings. The fraction of sp³-hybridized carbons (Fsp3) is 0.400. The van der Waals surface area contributed by atoms with E-state index in [0.717, 1.165) is 21.3 Å². The molecule has 1 aromatic heterocycles. The lowest BCUT2D eigenvalue weighted by atomic mass is 9.97. The Balaban J connectivity index is 2.40. The van der Waals surface area contributed by atoms with Crippen LogP contribution in [0.2, 0.25) is 0 Å². The minimum atomic E-state index is -0.705. The fourth-order valence-electron chi connectivity index (χ4n) is 2.22. The first-order valence-corrected chi connectivity index (χ1v) is 7.30. The first-order valence-electron chi connectivity index (χ1n) is 6.50. The summed E-state index contributed by atoms with van der Waals surface area (Å²) in [5.74, 6) is 0. The molecule has 4 nitrogen and oxygen atoms in total. The summed E-state index contributed by atoms with van der Waals surface area (Å²) in [6, 6.07) is 5.96. The number of hydrogen-bond donors (Lipinski definition) is 1. The second kappa shape index (κ2) is 6.52. The molecule has 1 unspecified atom stereocenters. The number of nitrogens with zero attached hydrogens (tertiary/aromatic N) is 2. The van der Waals surface area contributed by atoms with Gasteiger partial charge >= 0.3 is 0 Å². The molecular weight excluding hydrogens is 320 g/mol. The number of aromatic nitrogens is 2. The third-order valence-corrected chi connectivity index (χ3v) is 4.15. The van der Waals surface area contributed by atoms with Crippen molar-refractivity contribution in [3.63, 3.8) is 0 Å². The van der Waals surface area contributed by atoms with Gasteiger partial charge in [-0.3, -0.25) is 4.68 Å². The third-order valence-electron chi connectivity index (χ3n) is 3.54. The van der Waals surface area contributed by atoms with Gasteiger partial charge in [0.25, 0.3) is 0 Å². The number of methoxy groups -OCH3 is 1. The van der Waals surface area contributed by atoms with Crippen LogP contribution in [-0.2, 0) is 11.3 Å². The third kappa shape index (κ3) is 2.95. The van der Waals surface area contributed by atoms with Crippen LogP contribution in [0.4, 0.5) is 0 Å². The number of benzene rings is 1. The van der Waals surface area contributed by atoms with E-state index in [4.69, 9.17) is 4.74 Å². The molecule has 0 amide bonds. The molecule has 0 bridgehead atoms. The van der Waals surface area contributed by atoms with E-state index in [0.29, 0.717) is 13.2 Å². The summed E-state index contributed by atoms with van der Waals surface area (Å²) in [6.07, 6.45) is 1.00. The number of aryl methyl sites for hydroxylation is 1. The Labute approximate surface area is 127 Å². The van der Waals surface area contributed by atoms with Crippen LogP contribution in [0.5, 0.6) is 0 Å². The maximum Gasteiger partial charge on any atom is 0.122 e. The van der Waals surface area contributed by atoms with Gasteiger partial charge in [-0.15, -0.1) is 0 Å². The lowest BCUT2D eigenvalue weighted by Gasteiger charge is -2.17. The van der Waals surface area contributed by atoms with E-state index in [1.165, 1.54) is 5.56 Å². The Hall–Kier alpha value is -1.17. The minimum Gasteiger partial charge on any atom is -0.383 e. The standard InChI is InChI=1S/C15H19BrN2O2/c1-10-5-4-6-12(11(10)2)15(19)14-13(16)9-17-18(14)7-8-20-3/h4-6,9,15,19H,7-8H2,1-3H3. The predicted molar refractivity (Wildman–Crippen MR) is 81.8 cm³/mol. The van der Waals surface area contributed by atoms with Crippen molar-refractivity contribution in [2.24, 2.45) is 0 Å². The molecule has 2 rings (SSSR count). The van der Waals surface area contributed by atoms with Crippen molar-refractivity contribution >= 4 is 15.9 Å². The molecule has 0 fully saturated rings. The Kier molecular flexibility index (Phi) is 4.96. The molecule has 0 saturated carbocycles. The molecule has 2 aromatic rings. The van der Waals surface area contributed by atoms with E-state index in [9.17, 15) is 5.11 Å². The predicted octanol–water partition coefficient (Wildman–Crippen LogP) is 2.99. The van der Waals surface area contributed by atoms with Crippen LogP contribution in [-0.4, -0.2) is 28.6 Å². The van der Waals surface area contributed by atoms with E-state index >= 15 is 0 Å². The van der Waals surface area contributed by atoms with Gasteiger partial charge < -0.3 is 9.84 Å². The van der Waals surface area contributed by atoms with Gasteiger partial charge in [0.2, 0.25) is 0 Å². The molecule has 1 aromatic carbocycles. The number of aliphatic hydroxyl groups excluding tert-OH is 1. The number of aliphatic hydroxyl groups is 1. The zero-order valence-electron chi connectivity index (χ0n) is 11.9. The molecule has 5 heteroatoms. The van der Waals surface area contributed by atoms with Crippen LogP contribution >= 0.6 is 15.9 Å². The summed E-state index contributed by atoms with van der Waals surface area (Å²) >= 11 is 3.47. The Bertz CT molecular complexity index is 596. The highest BCUT2D eigenvalue weighted by atomic mass is 79.9. The van der Waals surface area contributed by atoms with Gasteiger partial charge in [-0.05, 0) is 46.5 Å². The van der Waals surface area contributed by atoms with Gasteiger partial charge in [0, 0.05) is 7.11 Å². The molecule has 1 atom stereocenters. The molecular formula is C15H19BrN2O2. The quantitative estimate of drug-likeness (QED) is 0.911. The Morgan fingerprint density at radius 3 is 2.85 bits per heavy atom. The van der Waals surface area contributed by atoms with E-state index < -0.39 is 6.10 Å². The summed E-state index contributed by atoms with van der Waals surface area (Å²) in [7, 11) is 1.65. The van der Waals surface area contributed by atoms with Crippen molar-refractivity contribution in [1.82, 2.24) is 9.78 Å². The number of hydrogen-bond acceptors (Lipinski definition) is 3. The summed E-state index contributed by atoms with van der Waals surface area (Å²) < 4.78 is 7.67. The minimum absolute atomic E-state index is 0.556. The lowest BCUT2D eigenvalue weighted by Crippen LogP contribution is -2.14. The summed E-state index contributed by atoms with van der Waals surface area (Å²) in [5, 5.41) is 15.0. The topological polar surface area (TPSA) is 47.3 Å². The zero-order valence-corrected chi connectivity index (χ0v) is 13.5. The second-order valence-corrected chi connectivity index (χ2v) is 5.64. The van der Waals surface area contributed by atoms with Crippen LogP contribution in [0.15, 0.2) is 28.9 Å². The van der Waals surface area contributed by atoms with Crippen LogP contribution in [0.1, 0.15) is 28.5 Å². The molecule has 0 aliphatic carbocycles. The number of ether oxygens (including phenoxy) is 1. The van der Waals surface area contributed by atoms with Crippen molar-refractivity contribution < 1.29 is 9.84 Å². The molecule has 0 spiro atoms. The molecule has 0 radical (unpaired) electrons. The van der Waals surface area contributed by atoms with E-state index in [-0.39, 0.29) is 0 Å². The van der Waals surface area contributed by atoms with Crippen molar-refractivity contribution in [2.45, 2.75) is 26.5 Å². The van der Waals surface area contributed by atoms with Gasteiger partial charge in [-0.25, -0.2) is 0 Å². The van der Waals surface area contributed by atoms with E-state index in [2.05, 4.69) is 21.0 Å². The highest BCUT2D eigenvalue weighted by Crippen LogP contribution is 2.31. The Morgan fingerprint density at radius 2 is 2.15 bits per heavy atom. The van der Waals surface area contributed by atoms with Gasteiger partial charge in [0.15, 0.2) is 0 Å². The number of rotatable bonds is 5. The van der Waals surface area contributed by atoms with Crippen molar-refractivity contribution in [1.29, 1.82) is 0 Å². The largest absolute Gasteiger partial charge is 0.383 e. The van der Waals surface area contributed by atoms with Crippen LogP contribution in [0.3, 0.4) is 0 Å². The van der Waals surface area contributed by atoms with Crippen LogP contribution in [0, 0.1) is 13.8 Å². The monoisotopic (exact) mass is 338 g/mol. The van der Waals surface area contributed by atoms with Gasteiger partial charge in [-0.1, -0.05) is 18.2 Å². The van der Waals surface area contributed by atoms with E-state index in [1.807, 2.05) is 32.0 Å². The van der Waals surface area contributed by atoms with Crippen LogP contribution in [0.25, 0.3) is 0 Å². The molecule has 1 N–H and O–H groups in total. The zero-order chi connectivity index (χ0) is 14.7. The maximum absolute atomic E-state index is 10.7. The van der Waals surface area contributed by atoms with Gasteiger partial charge in [0.1, 0.15) is 6.10 Å². The first kappa shape index (κ1) is 15.2. The maximum atomic E-state index is 10.7. The molecule has 1 heterocycles. The van der Waals surface area contributed by atoms with E-state index in [1.54, 1.807) is 18.0 Å². The Morgan fingerprint density at radius 1 is 1.40 bits per heavy atom. The number of halogens is 1. The highest BCUT2D eigenvalue weighted by molar-refractivity contribution is 9.10. The van der Waals surface area contributed by atoms with Crippen molar-refractivity contribution in [3.05, 3.63) is 51.3 Å². The molecule has 0 saturated heterocycles. The molecule has 20 heavy (non-hydrogen) atoms. The second-order valence-electron chi connectivity index (χ2n) is 4.79. The highest BCUT2D eigenvalue weighted by Gasteiger charge is 2.21. The average Bonchev–Trinajstić information content (AvgIpc) is 2.80. The first-order chi connectivity index (χ1) is 9.56. The van der Waals surface area contributed by atoms with Gasteiger partial charge in [-0.2, -0.15) is 5.10 Å². The summed E-state index contributed by atoms with van der Waals surface area (Å²) in [5.41, 5.74) is 3.94. The normalized spacial score (nSPS) is 12.7. The smallest absolute Gasteiger partial charge is 0.122 e. The molecule has 0 aliphatic heterocycles. The lowest BCUT2D eigenvalue weighted by molar-refractivity contribution is 0.171. The summed E-state index contributed by atoms with van der Waals surface area (Å²) in [6.45, 7) is 5.24. The SMILES string of the molecule is COCCn1ncc(Br)c1C(O)c1cccc(C)c1C. The van der Waals surface area contributed by atoms with Crippen molar-refractivity contribution in [2.75, 3.05) is 13.7 Å². The summed E-state index contributed by atoms with van der Waals surface area (Å²) in [4.78, 5) is 0. The molecule has 108 valence electrons. The van der Waals surface area contributed by atoms with Gasteiger partial charge in [0.05, 0.1) is 29.5 Å². The van der Waals surface area contributed by atoms with Crippen molar-refractivity contribution in [3.8, 4) is 0 Å². The average molecular weight is 339 g/mol. The van der Waals surface area contributed by atoms with Crippen LogP contribution < -0.4 is 0 Å².